The van der Waals surface area contributed by atoms with Gasteiger partial charge in [0.25, 0.3) is 0 Å². The molecule has 0 atom stereocenters. The molecule has 0 heterocycles. The van der Waals surface area contributed by atoms with Crippen molar-refractivity contribution in [2.24, 2.45) is 0 Å². The van der Waals surface area contributed by atoms with Gasteiger partial charge in [-0.3, -0.25) is 9.59 Å². The molecule has 1 aromatic rings. The third-order valence-corrected chi connectivity index (χ3v) is 4.26. The van der Waals surface area contributed by atoms with Gasteiger partial charge >= 0.3 is 0 Å². The predicted octanol–water partition coefficient (Wildman–Crippen LogP) is 2.86. The average molecular weight is 366 g/mol. The third-order valence-electron chi connectivity index (χ3n) is 4.26. The highest BCUT2D eigenvalue weighted by Crippen LogP contribution is 2.34. The normalized spacial score (nSPS) is 19.3. The number of Topliss-reactive ketones (excluding diaryl/α,β-unsaturated/α-hetero) is 1. The van der Waals surface area contributed by atoms with Crippen LogP contribution in [0.5, 0.6) is 11.5 Å². The van der Waals surface area contributed by atoms with Crippen LogP contribution in [-0.4, -0.2) is 38.0 Å². The Balaban J connectivity index is 2.16. The van der Waals surface area contributed by atoms with Crippen LogP contribution in [0.4, 0.5) is 0 Å². The largest absolute Gasteiger partial charge is 0.504 e. The summed E-state index contributed by atoms with van der Waals surface area (Å²) in [4.78, 5) is 24.5. The molecular formula is C21H18O6. The molecule has 0 aromatic heterocycles. The van der Waals surface area contributed by atoms with Gasteiger partial charge in [-0.25, -0.2) is 0 Å². The summed E-state index contributed by atoms with van der Waals surface area (Å²) in [6, 6.07) is 4.66. The van der Waals surface area contributed by atoms with E-state index in [1.807, 2.05) is 0 Å². The minimum Gasteiger partial charge on any atom is -0.504 e. The molecule has 1 N–H and O–H groups in total. The van der Waals surface area contributed by atoms with E-state index >= 15 is 0 Å². The van der Waals surface area contributed by atoms with E-state index in [4.69, 9.17) is 14.2 Å². The van der Waals surface area contributed by atoms with Crippen LogP contribution in [0.15, 0.2) is 71.2 Å². The van der Waals surface area contributed by atoms with Crippen molar-refractivity contribution in [2.45, 2.75) is 0 Å². The van der Waals surface area contributed by atoms with Gasteiger partial charge in [-0.1, -0.05) is 12.1 Å². The lowest BCUT2D eigenvalue weighted by molar-refractivity contribution is -0.114. The number of ether oxygens (including phenoxy) is 3. The van der Waals surface area contributed by atoms with Gasteiger partial charge in [0.15, 0.2) is 23.0 Å². The van der Waals surface area contributed by atoms with Gasteiger partial charge in [0.2, 0.25) is 11.6 Å². The van der Waals surface area contributed by atoms with E-state index in [1.165, 1.54) is 33.5 Å². The second kappa shape index (κ2) is 7.37. The molecule has 3 rings (SSSR count). The first-order valence-electron chi connectivity index (χ1n) is 8.10. The Labute approximate surface area is 156 Å². The summed E-state index contributed by atoms with van der Waals surface area (Å²) in [5, 5.41) is 9.80. The molecule has 0 saturated carbocycles. The molecule has 2 aliphatic carbocycles. The zero-order chi connectivity index (χ0) is 19.6. The Morgan fingerprint density at radius 2 is 1.52 bits per heavy atom. The lowest BCUT2D eigenvalue weighted by Gasteiger charge is -2.18. The SMILES string of the molecule is COC1=C/C(=C2/C=C(OC)C(=O)C(c3ccc(O)c(OC)c3)=C2)C=CC1=O. The summed E-state index contributed by atoms with van der Waals surface area (Å²) in [5.74, 6) is 0.102. The van der Waals surface area contributed by atoms with E-state index in [1.54, 1.807) is 36.4 Å². The highest BCUT2D eigenvalue weighted by atomic mass is 16.5. The standard InChI is InChI=1S/C21H18O6/c1-25-18-9-12(4-6-16(18)22)14-8-15(21(24)20(11-14)27-3)13-5-7-17(23)19(10-13)26-2/h4-11,23H,1-3H3/b14-12+. The number of phenolic OH excluding ortho intramolecular Hbond substituents is 1. The molecule has 27 heavy (non-hydrogen) atoms. The van der Waals surface area contributed by atoms with Crippen LogP contribution in [0.25, 0.3) is 5.57 Å². The monoisotopic (exact) mass is 366 g/mol. The molecule has 0 fully saturated rings. The van der Waals surface area contributed by atoms with Crippen molar-refractivity contribution in [2.75, 3.05) is 21.3 Å². The number of carbonyl (C=O) groups is 2. The molecule has 138 valence electrons. The molecule has 0 radical (unpaired) electrons. The Morgan fingerprint density at radius 3 is 2.19 bits per heavy atom. The summed E-state index contributed by atoms with van der Waals surface area (Å²) in [5.41, 5.74) is 2.35. The zero-order valence-electron chi connectivity index (χ0n) is 15.1. The fourth-order valence-electron chi connectivity index (χ4n) is 2.83. The van der Waals surface area contributed by atoms with E-state index in [0.29, 0.717) is 22.3 Å². The molecule has 1 aromatic carbocycles. The van der Waals surface area contributed by atoms with Crippen molar-refractivity contribution < 1.29 is 28.9 Å². The molecular weight excluding hydrogens is 348 g/mol. The molecule has 0 amide bonds. The van der Waals surface area contributed by atoms with Crippen LogP contribution in [-0.2, 0) is 19.1 Å². The first-order chi connectivity index (χ1) is 13.0. The Kier molecular flexibility index (Phi) is 4.98. The molecule has 0 saturated heterocycles. The fourth-order valence-corrected chi connectivity index (χ4v) is 2.83. The minimum absolute atomic E-state index is 0.0208. The van der Waals surface area contributed by atoms with Gasteiger partial charge in [-0.2, -0.15) is 0 Å². The Morgan fingerprint density at radius 1 is 0.815 bits per heavy atom. The summed E-state index contributed by atoms with van der Waals surface area (Å²) < 4.78 is 15.5. The van der Waals surface area contributed by atoms with Crippen LogP contribution in [0.3, 0.4) is 0 Å². The number of carbonyl (C=O) groups excluding carboxylic acids is 2. The second-order valence-corrected chi connectivity index (χ2v) is 5.81. The fraction of sp³-hybridized carbons (Fsp3) is 0.143. The lowest BCUT2D eigenvalue weighted by atomic mass is 9.89. The van der Waals surface area contributed by atoms with Crippen molar-refractivity contribution in [1.29, 1.82) is 0 Å². The predicted molar refractivity (Wildman–Crippen MR) is 99.0 cm³/mol. The van der Waals surface area contributed by atoms with Gasteiger partial charge < -0.3 is 19.3 Å². The van der Waals surface area contributed by atoms with Crippen LogP contribution < -0.4 is 4.74 Å². The van der Waals surface area contributed by atoms with Crippen LogP contribution >= 0.6 is 0 Å². The second-order valence-electron chi connectivity index (χ2n) is 5.81. The molecule has 2 aliphatic rings. The molecule has 6 nitrogen and oxygen atoms in total. The molecule has 0 unspecified atom stereocenters. The van der Waals surface area contributed by atoms with Crippen LogP contribution in [0.1, 0.15) is 5.56 Å². The Hall–Kier alpha value is -3.54. The van der Waals surface area contributed by atoms with E-state index < -0.39 is 0 Å². The first kappa shape index (κ1) is 18.3. The number of allylic oxidation sites excluding steroid dienone is 8. The van der Waals surface area contributed by atoms with Crippen molar-refractivity contribution >= 4 is 17.1 Å². The van der Waals surface area contributed by atoms with Gasteiger partial charge in [0.05, 0.1) is 21.3 Å². The lowest BCUT2D eigenvalue weighted by Crippen LogP contribution is -2.13. The number of methoxy groups -OCH3 is 3. The summed E-state index contributed by atoms with van der Waals surface area (Å²) in [6.45, 7) is 0. The first-order valence-corrected chi connectivity index (χ1v) is 8.10. The number of ketones is 2. The maximum absolute atomic E-state index is 12.7. The van der Waals surface area contributed by atoms with Crippen molar-refractivity contribution in [3.05, 3.63) is 76.8 Å². The van der Waals surface area contributed by atoms with Gasteiger partial charge in [-0.15, -0.1) is 0 Å². The number of hydrogen-bond donors (Lipinski definition) is 1. The van der Waals surface area contributed by atoms with E-state index in [0.717, 1.165) is 0 Å². The Bertz CT molecular complexity index is 972. The van der Waals surface area contributed by atoms with Crippen LogP contribution in [0.2, 0.25) is 0 Å². The van der Waals surface area contributed by atoms with Crippen molar-refractivity contribution in [3.8, 4) is 11.5 Å². The minimum atomic E-state index is -0.290. The maximum atomic E-state index is 12.7. The van der Waals surface area contributed by atoms with Crippen LogP contribution in [0, 0.1) is 0 Å². The van der Waals surface area contributed by atoms with Crippen molar-refractivity contribution in [1.82, 2.24) is 0 Å². The van der Waals surface area contributed by atoms with E-state index in [2.05, 4.69) is 0 Å². The number of aromatic hydroxyl groups is 1. The van der Waals surface area contributed by atoms with Gasteiger partial charge in [0, 0.05) is 5.57 Å². The summed E-state index contributed by atoms with van der Waals surface area (Å²) in [6.07, 6.45) is 8.00. The number of benzene rings is 1. The highest BCUT2D eigenvalue weighted by molar-refractivity contribution is 6.29. The number of hydrogen-bond acceptors (Lipinski definition) is 6. The topological polar surface area (TPSA) is 82.1 Å². The van der Waals surface area contributed by atoms with Gasteiger partial charge in [-0.05, 0) is 53.1 Å². The molecule has 0 spiro atoms. The average Bonchev–Trinajstić information content (AvgIpc) is 2.69. The van der Waals surface area contributed by atoms with Gasteiger partial charge in [0.1, 0.15) is 0 Å². The quantitative estimate of drug-likeness (QED) is 0.882. The smallest absolute Gasteiger partial charge is 0.228 e. The number of rotatable bonds is 4. The number of phenols is 1. The maximum Gasteiger partial charge on any atom is 0.228 e. The summed E-state index contributed by atoms with van der Waals surface area (Å²) >= 11 is 0. The highest BCUT2D eigenvalue weighted by Gasteiger charge is 2.25. The van der Waals surface area contributed by atoms with E-state index in [9.17, 15) is 14.7 Å². The van der Waals surface area contributed by atoms with Crippen molar-refractivity contribution in [3.63, 3.8) is 0 Å². The molecule has 0 aliphatic heterocycles. The zero-order valence-corrected chi connectivity index (χ0v) is 15.1. The summed E-state index contributed by atoms with van der Waals surface area (Å²) in [7, 11) is 4.28. The third kappa shape index (κ3) is 3.42. The molecule has 6 heteroatoms. The molecule has 0 bridgehead atoms. The van der Waals surface area contributed by atoms with E-state index in [-0.39, 0.29) is 34.6 Å².